The van der Waals surface area contributed by atoms with Gasteiger partial charge in [-0.3, -0.25) is 9.78 Å². The van der Waals surface area contributed by atoms with E-state index in [0.717, 1.165) is 0 Å². The molecule has 2 aromatic rings. The van der Waals surface area contributed by atoms with Crippen molar-refractivity contribution in [2.24, 2.45) is 0 Å². The number of nitrogens with one attached hydrogen (secondary N) is 1. The molecule has 0 aromatic carbocycles. The Hall–Kier alpha value is -1.17. The minimum Gasteiger partial charge on any atom is -0.321 e. The van der Waals surface area contributed by atoms with Crippen molar-refractivity contribution in [2.45, 2.75) is 0 Å². The lowest BCUT2D eigenvalue weighted by Gasteiger charge is -2.07. The van der Waals surface area contributed by atoms with Crippen LogP contribution in [0.4, 0.5) is 5.69 Å². The summed E-state index contributed by atoms with van der Waals surface area (Å²) in [6, 6.07) is 3.13. The van der Waals surface area contributed by atoms with E-state index in [4.69, 9.17) is 23.2 Å². The van der Waals surface area contributed by atoms with Gasteiger partial charge in [0.05, 0.1) is 20.7 Å². The summed E-state index contributed by atoms with van der Waals surface area (Å²) in [5, 5.41) is 3.11. The molecule has 0 saturated heterocycles. The Morgan fingerprint density at radius 3 is 2.78 bits per heavy atom. The summed E-state index contributed by atoms with van der Waals surface area (Å²) in [6.45, 7) is 0. The van der Waals surface area contributed by atoms with Crippen molar-refractivity contribution in [3.8, 4) is 0 Å². The Morgan fingerprint density at radius 1 is 1.33 bits per heavy atom. The van der Waals surface area contributed by atoms with Crippen LogP contribution in [0, 0.1) is 0 Å². The highest BCUT2D eigenvalue weighted by Gasteiger charge is 2.10. The third kappa shape index (κ3) is 2.98. The third-order valence-electron chi connectivity index (χ3n) is 2.08. The fourth-order valence-corrected chi connectivity index (χ4v) is 1.84. The van der Waals surface area contributed by atoms with Crippen LogP contribution in [0.3, 0.4) is 0 Å². The Labute approximate surface area is 121 Å². The summed E-state index contributed by atoms with van der Waals surface area (Å²) in [4.78, 5) is 19.6. The number of halogens is 3. The highest BCUT2D eigenvalue weighted by molar-refractivity contribution is 9.10. The summed E-state index contributed by atoms with van der Waals surface area (Å²) >= 11 is 14.8. The van der Waals surface area contributed by atoms with E-state index >= 15 is 0 Å². The number of aromatic nitrogens is 2. The summed E-state index contributed by atoms with van der Waals surface area (Å²) in [7, 11) is 0. The van der Waals surface area contributed by atoms with Crippen LogP contribution < -0.4 is 5.32 Å². The Bertz CT molecular complexity index is 607. The minimum atomic E-state index is -0.326. The van der Waals surface area contributed by atoms with Crippen molar-refractivity contribution in [2.75, 3.05) is 5.32 Å². The van der Waals surface area contributed by atoms with Crippen LogP contribution >= 0.6 is 39.1 Å². The van der Waals surface area contributed by atoms with Gasteiger partial charge in [-0.15, -0.1) is 0 Å². The first-order chi connectivity index (χ1) is 8.58. The van der Waals surface area contributed by atoms with Crippen LogP contribution in [0.2, 0.25) is 10.2 Å². The van der Waals surface area contributed by atoms with Gasteiger partial charge in [-0.2, -0.15) is 0 Å². The molecule has 1 N–H and O–H groups in total. The second-order valence-electron chi connectivity index (χ2n) is 3.31. The second-order valence-corrected chi connectivity index (χ2v) is 4.93. The van der Waals surface area contributed by atoms with Gasteiger partial charge in [0.2, 0.25) is 0 Å². The maximum Gasteiger partial charge on any atom is 0.257 e. The van der Waals surface area contributed by atoms with Crippen LogP contribution in [-0.4, -0.2) is 15.9 Å². The largest absolute Gasteiger partial charge is 0.321 e. The van der Waals surface area contributed by atoms with E-state index in [1.807, 2.05) is 0 Å². The van der Waals surface area contributed by atoms with E-state index in [1.165, 1.54) is 12.3 Å². The normalized spacial score (nSPS) is 10.2. The smallest absolute Gasteiger partial charge is 0.257 e. The van der Waals surface area contributed by atoms with Gasteiger partial charge >= 0.3 is 0 Å². The Balaban J connectivity index is 2.22. The van der Waals surface area contributed by atoms with Crippen molar-refractivity contribution < 1.29 is 4.79 Å². The van der Waals surface area contributed by atoms with E-state index in [9.17, 15) is 4.79 Å². The molecule has 7 heteroatoms. The molecule has 0 radical (unpaired) electrons. The van der Waals surface area contributed by atoms with E-state index in [1.54, 1.807) is 18.5 Å². The van der Waals surface area contributed by atoms with Crippen LogP contribution in [0.1, 0.15) is 10.4 Å². The molecule has 0 spiro atoms. The van der Waals surface area contributed by atoms with Gasteiger partial charge in [-0.1, -0.05) is 23.2 Å². The SMILES string of the molecule is O=C(Nc1ccncc1Br)c1cnc(Cl)c(Cl)c1. The van der Waals surface area contributed by atoms with Gasteiger partial charge in [-0.25, -0.2) is 4.98 Å². The molecule has 2 heterocycles. The molecular formula is C11H6BrCl2N3O. The Morgan fingerprint density at radius 2 is 2.11 bits per heavy atom. The van der Waals surface area contributed by atoms with Gasteiger partial charge in [0.15, 0.2) is 0 Å². The predicted molar refractivity (Wildman–Crippen MR) is 74.1 cm³/mol. The van der Waals surface area contributed by atoms with Crippen LogP contribution in [0.25, 0.3) is 0 Å². The average Bonchev–Trinajstić information content (AvgIpc) is 2.35. The molecule has 4 nitrogen and oxygen atoms in total. The van der Waals surface area contributed by atoms with E-state index in [2.05, 4.69) is 31.2 Å². The molecule has 0 aliphatic rings. The fraction of sp³-hybridized carbons (Fsp3) is 0. The highest BCUT2D eigenvalue weighted by atomic mass is 79.9. The summed E-state index contributed by atoms with van der Waals surface area (Å²) < 4.78 is 0.686. The molecule has 0 unspecified atom stereocenters. The number of hydrogen-bond acceptors (Lipinski definition) is 3. The van der Waals surface area contributed by atoms with Crippen molar-refractivity contribution in [1.29, 1.82) is 0 Å². The van der Waals surface area contributed by atoms with Gasteiger partial charge in [-0.05, 0) is 28.1 Å². The van der Waals surface area contributed by atoms with Crippen molar-refractivity contribution in [3.05, 3.63) is 50.9 Å². The summed E-state index contributed by atoms with van der Waals surface area (Å²) in [6.07, 6.45) is 4.52. The van der Waals surface area contributed by atoms with Crippen molar-refractivity contribution in [3.63, 3.8) is 0 Å². The second kappa shape index (κ2) is 5.65. The summed E-state index contributed by atoms with van der Waals surface area (Å²) in [5.41, 5.74) is 0.939. The van der Waals surface area contributed by atoms with Gasteiger partial charge < -0.3 is 5.32 Å². The minimum absolute atomic E-state index is 0.165. The standard InChI is InChI=1S/C11H6BrCl2N3O/c12-7-5-15-2-1-9(7)17-11(18)6-3-8(13)10(14)16-4-6/h1-5H,(H,15,17,18). The monoisotopic (exact) mass is 345 g/mol. The van der Waals surface area contributed by atoms with E-state index in [0.29, 0.717) is 15.7 Å². The molecule has 0 saturated carbocycles. The molecule has 0 aliphatic carbocycles. The highest BCUT2D eigenvalue weighted by Crippen LogP contribution is 2.23. The molecule has 2 aromatic heterocycles. The first-order valence-electron chi connectivity index (χ1n) is 4.80. The average molecular weight is 347 g/mol. The molecule has 18 heavy (non-hydrogen) atoms. The zero-order chi connectivity index (χ0) is 13.1. The number of rotatable bonds is 2. The van der Waals surface area contributed by atoms with Crippen LogP contribution in [0.15, 0.2) is 35.2 Å². The number of anilines is 1. The number of amides is 1. The van der Waals surface area contributed by atoms with Gasteiger partial charge in [0.1, 0.15) is 5.15 Å². The predicted octanol–water partition coefficient (Wildman–Crippen LogP) is 3.80. The number of carbonyl (C=O) groups excluding carboxylic acids is 1. The molecule has 0 aliphatic heterocycles. The quantitative estimate of drug-likeness (QED) is 0.841. The Kier molecular flexibility index (Phi) is 4.16. The van der Waals surface area contributed by atoms with Crippen molar-refractivity contribution >= 4 is 50.7 Å². The van der Waals surface area contributed by atoms with Gasteiger partial charge in [0.25, 0.3) is 5.91 Å². The molecule has 0 fully saturated rings. The molecular weight excluding hydrogens is 341 g/mol. The molecule has 0 atom stereocenters. The van der Waals surface area contributed by atoms with Crippen LogP contribution in [0.5, 0.6) is 0 Å². The van der Waals surface area contributed by atoms with Crippen LogP contribution in [-0.2, 0) is 0 Å². The molecule has 1 amide bonds. The third-order valence-corrected chi connectivity index (χ3v) is 3.40. The number of carbonyl (C=O) groups is 1. The topological polar surface area (TPSA) is 54.9 Å². The maximum atomic E-state index is 11.9. The number of pyridine rings is 2. The summed E-state index contributed by atoms with van der Waals surface area (Å²) in [5.74, 6) is -0.326. The van der Waals surface area contributed by atoms with E-state index < -0.39 is 0 Å². The van der Waals surface area contributed by atoms with E-state index in [-0.39, 0.29) is 16.1 Å². The first-order valence-corrected chi connectivity index (χ1v) is 6.34. The zero-order valence-electron chi connectivity index (χ0n) is 8.82. The fourth-order valence-electron chi connectivity index (χ4n) is 1.22. The molecule has 92 valence electrons. The lowest BCUT2D eigenvalue weighted by atomic mass is 10.2. The lowest BCUT2D eigenvalue weighted by molar-refractivity contribution is 0.102. The van der Waals surface area contributed by atoms with Crippen molar-refractivity contribution in [1.82, 2.24) is 9.97 Å². The maximum absolute atomic E-state index is 11.9. The number of nitrogens with zero attached hydrogens (tertiary/aromatic N) is 2. The van der Waals surface area contributed by atoms with Gasteiger partial charge in [0, 0.05) is 18.6 Å². The lowest BCUT2D eigenvalue weighted by Crippen LogP contribution is -2.12. The first kappa shape index (κ1) is 13.3. The molecule has 0 bridgehead atoms. The number of hydrogen-bond donors (Lipinski definition) is 1. The zero-order valence-corrected chi connectivity index (χ0v) is 11.9. The molecule has 2 rings (SSSR count).